The van der Waals surface area contributed by atoms with E-state index in [0.717, 1.165) is 12.8 Å². The first-order chi connectivity index (χ1) is 8.72. The number of hydrogen-bond donors (Lipinski definition) is 0. The Hall–Kier alpha value is -1.83. The Bertz CT molecular complexity index is 457. The van der Waals surface area contributed by atoms with Crippen LogP contribution in [0.5, 0.6) is 0 Å². The number of rotatable bonds is 5. The Balaban J connectivity index is 2.00. The maximum atomic E-state index is 11.9. The molecule has 1 amide bonds. The van der Waals surface area contributed by atoms with E-state index in [2.05, 4.69) is 31.7 Å². The van der Waals surface area contributed by atoms with Crippen molar-refractivity contribution in [1.29, 1.82) is 0 Å². The molecule has 94 valence electrons. The van der Waals surface area contributed by atoms with Crippen molar-refractivity contribution in [2.45, 2.75) is 19.8 Å². The van der Waals surface area contributed by atoms with Gasteiger partial charge in [0.15, 0.2) is 0 Å². The van der Waals surface area contributed by atoms with Gasteiger partial charge in [-0.3, -0.25) is 4.79 Å². The summed E-state index contributed by atoms with van der Waals surface area (Å²) in [6, 6.07) is 10.2. The Morgan fingerprint density at radius 2 is 2.06 bits per heavy atom. The summed E-state index contributed by atoms with van der Waals surface area (Å²) >= 11 is 0. The Morgan fingerprint density at radius 3 is 2.61 bits per heavy atom. The lowest BCUT2D eigenvalue weighted by atomic mass is 10.1. The van der Waals surface area contributed by atoms with Crippen molar-refractivity contribution >= 4 is 11.5 Å². The molecule has 0 unspecified atom stereocenters. The van der Waals surface area contributed by atoms with Crippen LogP contribution in [0.25, 0.3) is 5.57 Å². The molecule has 1 fully saturated rings. The lowest BCUT2D eigenvalue weighted by Gasteiger charge is -2.16. The van der Waals surface area contributed by atoms with Crippen molar-refractivity contribution in [1.82, 2.24) is 4.90 Å². The molecule has 0 bridgehead atoms. The second kappa shape index (κ2) is 5.67. The first kappa shape index (κ1) is 12.6. The molecule has 0 aromatic heterocycles. The molecule has 1 aliphatic carbocycles. The van der Waals surface area contributed by atoms with Crippen LogP contribution >= 0.6 is 0 Å². The predicted molar refractivity (Wildman–Crippen MR) is 74.7 cm³/mol. The third-order valence-corrected chi connectivity index (χ3v) is 3.25. The zero-order valence-corrected chi connectivity index (χ0v) is 10.8. The van der Waals surface area contributed by atoms with Gasteiger partial charge in [0.2, 0.25) is 5.91 Å². The normalized spacial score (nSPS) is 15.3. The van der Waals surface area contributed by atoms with Gasteiger partial charge in [-0.05, 0) is 37.1 Å². The van der Waals surface area contributed by atoms with E-state index in [-0.39, 0.29) is 11.8 Å². The Kier molecular flexibility index (Phi) is 3.98. The summed E-state index contributed by atoms with van der Waals surface area (Å²) in [6.45, 7) is 6.40. The van der Waals surface area contributed by atoms with Gasteiger partial charge in [-0.25, -0.2) is 0 Å². The van der Waals surface area contributed by atoms with E-state index in [1.165, 1.54) is 11.1 Å². The molecular formula is C16H19NO. The van der Waals surface area contributed by atoms with E-state index < -0.39 is 0 Å². The van der Waals surface area contributed by atoms with Gasteiger partial charge < -0.3 is 4.90 Å². The number of carbonyl (C=O) groups is 1. The predicted octanol–water partition coefficient (Wildman–Crippen LogP) is 3.47. The van der Waals surface area contributed by atoms with Crippen LogP contribution in [-0.2, 0) is 4.79 Å². The zero-order valence-electron chi connectivity index (χ0n) is 10.8. The number of carbonyl (C=O) groups excluding carboxylic acids is 1. The van der Waals surface area contributed by atoms with Gasteiger partial charge in [0, 0.05) is 12.5 Å². The second-order valence-corrected chi connectivity index (χ2v) is 4.70. The van der Waals surface area contributed by atoms with Gasteiger partial charge in [0.1, 0.15) is 0 Å². The summed E-state index contributed by atoms with van der Waals surface area (Å²) in [4.78, 5) is 13.6. The van der Waals surface area contributed by atoms with Gasteiger partial charge in [-0.1, -0.05) is 43.0 Å². The second-order valence-electron chi connectivity index (χ2n) is 4.70. The molecule has 0 heterocycles. The third kappa shape index (κ3) is 3.10. The van der Waals surface area contributed by atoms with Crippen molar-refractivity contribution in [2.24, 2.45) is 5.92 Å². The smallest absolute Gasteiger partial charge is 0.229 e. The van der Waals surface area contributed by atoms with Crippen LogP contribution in [0.15, 0.2) is 49.2 Å². The van der Waals surface area contributed by atoms with E-state index in [1.54, 1.807) is 11.1 Å². The molecule has 0 N–H and O–H groups in total. The van der Waals surface area contributed by atoms with Crippen molar-refractivity contribution < 1.29 is 4.79 Å². The largest absolute Gasteiger partial charge is 0.316 e. The molecule has 0 radical (unpaired) electrons. The molecule has 18 heavy (non-hydrogen) atoms. The van der Waals surface area contributed by atoms with Gasteiger partial charge in [-0.15, -0.1) is 0 Å². The standard InChI is InChI=1S/C16H19NO/c1-3-17(16(18)15-9-10-15)12-11-13(2)14-7-5-4-6-8-14/h3-8,11,15H,1,9-10,12H2,2H3/b13-11+. The highest BCUT2D eigenvalue weighted by Gasteiger charge is 2.32. The topological polar surface area (TPSA) is 20.3 Å². The molecule has 1 saturated carbocycles. The van der Waals surface area contributed by atoms with Gasteiger partial charge in [0.05, 0.1) is 0 Å². The van der Waals surface area contributed by atoms with Crippen molar-refractivity contribution in [3.63, 3.8) is 0 Å². The van der Waals surface area contributed by atoms with Crippen LogP contribution in [0.1, 0.15) is 25.3 Å². The van der Waals surface area contributed by atoms with Crippen molar-refractivity contribution in [3.05, 3.63) is 54.8 Å². The van der Waals surface area contributed by atoms with Gasteiger partial charge >= 0.3 is 0 Å². The minimum Gasteiger partial charge on any atom is -0.316 e. The summed E-state index contributed by atoms with van der Waals surface area (Å²) in [6.07, 6.45) is 5.78. The van der Waals surface area contributed by atoms with Crippen molar-refractivity contribution in [3.8, 4) is 0 Å². The number of hydrogen-bond acceptors (Lipinski definition) is 1. The summed E-state index contributed by atoms with van der Waals surface area (Å²) in [5.41, 5.74) is 2.38. The average molecular weight is 241 g/mol. The Morgan fingerprint density at radius 1 is 1.39 bits per heavy atom. The van der Waals surface area contributed by atoms with Crippen LogP contribution in [-0.4, -0.2) is 17.4 Å². The molecule has 1 aromatic rings. The fraction of sp³-hybridized carbons (Fsp3) is 0.312. The monoisotopic (exact) mass is 241 g/mol. The zero-order chi connectivity index (χ0) is 13.0. The third-order valence-electron chi connectivity index (χ3n) is 3.25. The molecule has 2 nitrogen and oxygen atoms in total. The SMILES string of the molecule is C=CN(C/C=C(\C)c1ccccc1)C(=O)C1CC1. The lowest BCUT2D eigenvalue weighted by Crippen LogP contribution is -2.26. The maximum absolute atomic E-state index is 11.9. The quantitative estimate of drug-likeness (QED) is 0.773. The van der Waals surface area contributed by atoms with Gasteiger partial charge in [0.25, 0.3) is 0 Å². The highest BCUT2D eigenvalue weighted by atomic mass is 16.2. The maximum Gasteiger partial charge on any atom is 0.229 e. The fourth-order valence-corrected chi connectivity index (χ4v) is 1.87. The summed E-state index contributed by atoms with van der Waals surface area (Å²) in [7, 11) is 0. The van der Waals surface area contributed by atoms with Crippen LogP contribution in [0.3, 0.4) is 0 Å². The average Bonchev–Trinajstić information content (AvgIpc) is 3.24. The summed E-state index contributed by atoms with van der Waals surface area (Å²) in [5, 5.41) is 0. The summed E-state index contributed by atoms with van der Waals surface area (Å²) in [5.74, 6) is 0.454. The number of amides is 1. The van der Waals surface area contributed by atoms with Gasteiger partial charge in [-0.2, -0.15) is 0 Å². The lowest BCUT2D eigenvalue weighted by molar-refractivity contribution is -0.129. The first-order valence-electron chi connectivity index (χ1n) is 6.37. The highest BCUT2D eigenvalue weighted by Crippen LogP contribution is 2.31. The fourth-order valence-electron chi connectivity index (χ4n) is 1.87. The van der Waals surface area contributed by atoms with E-state index >= 15 is 0 Å². The van der Waals surface area contributed by atoms with Crippen LogP contribution in [0, 0.1) is 5.92 Å². The minimum absolute atomic E-state index is 0.210. The van der Waals surface area contributed by atoms with Crippen LogP contribution < -0.4 is 0 Å². The molecule has 2 heteroatoms. The summed E-state index contributed by atoms with van der Waals surface area (Å²) < 4.78 is 0. The highest BCUT2D eigenvalue weighted by molar-refractivity contribution is 5.82. The van der Waals surface area contributed by atoms with E-state index in [9.17, 15) is 4.79 Å². The number of allylic oxidation sites excluding steroid dienone is 1. The van der Waals surface area contributed by atoms with Crippen molar-refractivity contribution in [2.75, 3.05) is 6.54 Å². The molecule has 1 aromatic carbocycles. The molecular weight excluding hydrogens is 222 g/mol. The van der Waals surface area contributed by atoms with E-state index in [0.29, 0.717) is 6.54 Å². The molecule has 0 spiro atoms. The molecule has 1 aliphatic rings. The van der Waals surface area contributed by atoms with Crippen LogP contribution in [0.4, 0.5) is 0 Å². The first-order valence-corrected chi connectivity index (χ1v) is 6.37. The molecule has 0 aliphatic heterocycles. The Labute approximate surface area is 109 Å². The van der Waals surface area contributed by atoms with E-state index in [1.807, 2.05) is 18.2 Å². The molecule has 2 rings (SSSR count). The molecule has 0 atom stereocenters. The van der Waals surface area contributed by atoms with Crippen LogP contribution in [0.2, 0.25) is 0 Å². The minimum atomic E-state index is 0.210. The number of benzene rings is 1. The number of nitrogens with zero attached hydrogens (tertiary/aromatic N) is 1. The molecule has 0 saturated heterocycles. The van der Waals surface area contributed by atoms with E-state index in [4.69, 9.17) is 0 Å².